The minimum Gasteiger partial charge on any atom is -0.296 e. The first-order valence-corrected chi connectivity index (χ1v) is 6.55. The van der Waals surface area contributed by atoms with E-state index in [2.05, 4.69) is 38.4 Å². The van der Waals surface area contributed by atoms with Gasteiger partial charge in [0.05, 0.1) is 0 Å². The monoisotopic (exact) mass is 254 g/mol. The van der Waals surface area contributed by atoms with Crippen LogP contribution in [0.5, 0.6) is 0 Å². The molecule has 0 radical (unpaired) electrons. The van der Waals surface area contributed by atoms with Gasteiger partial charge in [0.2, 0.25) is 0 Å². The zero-order chi connectivity index (χ0) is 13.2. The predicted molar refractivity (Wildman–Crippen MR) is 74.8 cm³/mol. The Balaban J connectivity index is 3.07. The molecule has 1 aromatic rings. The van der Waals surface area contributed by atoms with Crippen LogP contribution in [0, 0.1) is 25.2 Å². The lowest BCUT2D eigenvalue weighted by Gasteiger charge is -2.30. The number of hydrogen-bond donors (Lipinski definition) is 1. The SMILES string of the molecule is Cc1cc(C)n(CC(CS)C(C)(C)C)c(=O)n1. The molecule has 0 amide bonds. The van der Waals surface area contributed by atoms with Gasteiger partial charge in [-0.1, -0.05) is 20.8 Å². The third kappa shape index (κ3) is 3.60. The maximum absolute atomic E-state index is 11.9. The molecule has 0 fully saturated rings. The number of aryl methyl sites for hydroxylation is 2. The molecule has 1 aromatic heterocycles. The van der Waals surface area contributed by atoms with Crippen molar-refractivity contribution in [2.45, 2.75) is 41.2 Å². The van der Waals surface area contributed by atoms with E-state index in [-0.39, 0.29) is 11.1 Å². The summed E-state index contributed by atoms with van der Waals surface area (Å²) in [5.41, 5.74) is 1.73. The summed E-state index contributed by atoms with van der Waals surface area (Å²) in [5.74, 6) is 1.12. The molecule has 0 aliphatic heterocycles. The van der Waals surface area contributed by atoms with Gasteiger partial charge in [-0.15, -0.1) is 0 Å². The van der Waals surface area contributed by atoms with Crippen molar-refractivity contribution in [3.8, 4) is 0 Å². The summed E-state index contributed by atoms with van der Waals surface area (Å²) in [6.45, 7) is 11.0. The molecule has 1 atom stereocenters. The molecule has 0 bridgehead atoms. The fourth-order valence-corrected chi connectivity index (χ4v) is 2.49. The summed E-state index contributed by atoms with van der Waals surface area (Å²) in [6, 6.07) is 1.94. The van der Waals surface area contributed by atoms with Crippen molar-refractivity contribution in [2.24, 2.45) is 11.3 Å². The molecule has 0 aromatic carbocycles. The summed E-state index contributed by atoms with van der Waals surface area (Å²) in [4.78, 5) is 15.9. The lowest BCUT2D eigenvalue weighted by molar-refractivity contribution is 0.234. The first kappa shape index (κ1) is 14.3. The summed E-state index contributed by atoms with van der Waals surface area (Å²) < 4.78 is 1.75. The van der Waals surface area contributed by atoms with Crippen LogP contribution in [0.25, 0.3) is 0 Å². The Bertz CT molecular complexity index is 446. The van der Waals surface area contributed by atoms with Crippen molar-refractivity contribution >= 4 is 12.6 Å². The van der Waals surface area contributed by atoms with Gasteiger partial charge in [-0.05, 0) is 37.0 Å². The summed E-state index contributed by atoms with van der Waals surface area (Å²) in [5, 5.41) is 0. The average Bonchev–Trinajstić information content (AvgIpc) is 2.14. The Kier molecular flexibility index (Phi) is 4.42. The number of hydrogen-bond acceptors (Lipinski definition) is 3. The van der Waals surface area contributed by atoms with Crippen LogP contribution in [0.1, 0.15) is 32.2 Å². The molecule has 1 unspecified atom stereocenters. The quantitative estimate of drug-likeness (QED) is 0.841. The summed E-state index contributed by atoms with van der Waals surface area (Å²) in [7, 11) is 0. The van der Waals surface area contributed by atoms with Gasteiger partial charge in [0.25, 0.3) is 0 Å². The average molecular weight is 254 g/mol. The van der Waals surface area contributed by atoms with E-state index < -0.39 is 0 Å². The number of rotatable bonds is 3. The highest BCUT2D eigenvalue weighted by Gasteiger charge is 2.24. The number of thiol groups is 1. The third-order valence-electron chi connectivity index (χ3n) is 3.19. The van der Waals surface area contributed by atoms with E-state index in [1.54, 1.807) is 4.57 Å². The van der Waals surface area contributed by atoms with Crippen molar-refractivity contribution < 1.29 is 0 Å². The van der Waals surface area contributed by atoms with E-state index >= 15 is 0 Å². The van der Waals surface area contributed by atoms with E-state index in [0.29, 0.717) is 12.5 Å². The van der Waals surface area contributed by atoms with Crippen LogP contribution in [0.4, 0.5) is 0 Å². The van der Waals surface area contributed by atoms with Gasteiger partial charge < -0.3 is 0 Å². The van der Waals surface area contributed by atoms with Crippen LogP contribution in [-0.4, -0.2) is 15.3 Å². The zero-order valence-electron chi connectivity index (χ0n) is 11.3. The first-order valence-electron chi connectivity index (χ1n) is 5.91. The molecule has 0 spiro atoms. The molecule has 0 aliphatic rings. The number of nitrogens with zero attached hydrogens (tertiary/aromatic N) is 2. The lowest BCUT2D eigenvalue weighted by Crippen LogP contribution is -2.34. The second-order valence-electron chi connectivity index (χ2n) is 5.68. The highest BCUT2D eigenvalue weighted by atomic mass is 32.1. The summed E-state index contributed by atoms with van der Waals surface area (Å²) in [6.07, 6.45) is 0. The largest absolute Gasteiger partial charge is 0.347 e. The smallest absolute Gasteiger partial charge is 0.296 e. The van der Waals surface area contributed by atoms with E-state index in [0.717, 1.165) is 17.1 Å². The van der Waals surface area contributed by atoms with Crippen LogP contribution < -0.4 is 5.69 Å². The predicted octanol–water partition coefficient (Wildman–Crippen LogP) is 2.45. The topological polar surface area (TPSA) is 34.9 Å². The van der Waals surface area contributed by atoms with E-state index in [9.17, 15) is 4.79 Å². The van der Waals surface area contributed by atoms with Gasteiger partial charge in [-0.3, -0.25) is 4.57 Å². The van der Waals surface area contributed by atoms with Gasteiger partial charge >= 0.3 is 5.69 Å². The van der Waals surface area contributed by atoms with E-state index in [1.165, 1.54) is 0 Å². The van der Waals surface area contributed by atoms with Crippen molar-refractivity contribution in [3.05, 3.63) is 27.9 Å². The minimum atomic E-state index is -0.154. The standard InChI is InChI=1S/C13H22N2OS/c1-9-6-10(2)15(12(16)14-9)7-11(8-17)13(3,4)5/h6,11,17H,7-8H2,1-5H3. The normalized spacial score (nSPS) is 13.8. The van der Waals surface area contributed by atoms with Crippen LogP contribution in [0.3, 0.4) is 0 Å². The van der Waals surface area contributed by atoms with Crippen LogP contribution in [0.2, 0.25) is 0 Å². The minimum absolute atomic E-state index is 0.137. The Morgan fingerprint density at radius 3 is 2.41 bits per heavy atom. The van der Waals surface area contributed by atoms with E-state index in [4.69, 9.17) is 0 Å². The maximum Gasteiger partial charge on any atom is 0.347 e. The molecule has 0 N–H and O–H groups in total. The molecule has 0 saturated carbocycles. The Hall–Kier alpha value is -0.770. The first-order chi connectivity index (χ1) is 7.75. The fourth-order valence-electron chi connectivity index (χ4n) is 1.82. The highest BCUT2D eigenvalue weighted by molar-refractivity contribution is 7.80. The van der Waals surface area contributed by atoms with Gasteiger partial charge in [0.15, 0.2) is 0 Å². The molecule has 1 heterocycles. The Labute approximate surface area is 109 Å². The second-order valence-corrected chi connectivity index (χ2v) is 6.04. The molecule has 0 aliphatic carbocycles. The third-order valence-corrected chi connectivity index (χ3v) is 3.64. The Morgan fingerprint density at radius 2 is 2.00 bits per heavy atom. The number of aromatic nitrogens is 2. The van der Waals surface area contributed by atoms with Crippen LogP contribution in [-0.2, 0) is 6.54 Å². The van der Waals surface area contributed by atoms with Crippen molar-refractivity contribution in [1.29, 1.82) is 0 Å². The van der Waals surface area contributed by atoms with E-state index in [1.807, 2.05) is 19.9 Å². The zero-order valence-corrected chi connectivity index (χ0v) is 12.2. The van der Waals surface area contributed by atoms with Crippen molar-refractivity contribution in [2.75, 3.05) is 5.75 Å². The summed E-state index contributed by atoms with van der Waals surface area (Å²) >= 11 is 4.39. The van der Waals surface area contributed by atoms with Gasteiger partial charge in [0.1, 0.15) is 0 Å². The molecule has 1 rings (SSSR count). The van der Waals surface area contributed by atoms with Gasteiger partial charge in [-0.25, -0.2) is 4.79 Å². The van der Waals surface area contributed by atoms with Crippen molar-refractivity contribution in [1.82, 2.24) is 9.55 Å². The molecule has 0 saturated heterocycles. The van der Waals surface area contributed by atoms with Crippen LogP contribution in [0.15, 0.2) is 10.9 Å². The fraction of sp³-hybridized carbons (Fsp3) is 0.692. The maximum atomic E-state index is 11.9. The van der Waals surface area contributed by atoms with Crippen LogP contribution >= 0.6 is 12.6 Å². The lowest BCUT2D eigenvalue weighted by atomic mass is 9.82. The Morgan fingerprint density at radius 1 is 1.41 bits per heavy atom. The molecule has 4 heteroatoms. The molecular weight excluding hydrogens is 232 g/mol. The van der Waals surface area contributed by atoms with Crippen molar-refractivity contribution in [3.63, 3.8) is 0 Å². The molecule has 3 nitrogen and oxygen atoms in total. The molecule has 96 valence electrons. The highest BCUT2D eigenvalue weighted by Crippen LogP contribution is 2.28. The van der Waals surface area contributed by atoms with Gasteiger partial charge in [-0.2, -0.15) is 17.6 Å². The molecular formula is C13H22N2OS. The second kappa shape index (κ2) is 5.25. The molecule has 17 heavy (non-hydrogen) atoms. The van der Waals surface area contributed by atoms with Gasteiger partial charge in [0, 0.05) is 17.9 Å².